The highest BCUT2D eigenvalue weighted by Gasteiger charge is 2.31. The number of nitrogens with one attached hydrogen (secondary N) is 1. The van der Waals surface area contributed by atoms with Crippen molar-refractivity contribution < 1.29 is 4.74 Å². The van der Waals surface area contributed by atoms with Gasteiger partial charge < -0.3 is 4.74 Å². The molecule has 0 aromatic rings. The SMILES string of the molecule is C[C@@H]1CO[C@@H](C)NC1(C)C. The van der Waals surface area contributed by atoms with Gasteiger partial charge in [0.1, 0.15) is 6.23 Å². The fourth-order valence-corrected chi connectivity index (χ4v) is 1.20. The minimum absolute atomic E-state index is 0.214. The molecule has 1 rings (SSSR count). The van der Waals surface area contributed by atoms with Gasteiger partial charge in [0.15, 0.2) is 0 Å². The molecule has 0 unspecified atom stereocenters. The van der Waals surface area contributed by atoms with Crippen LogP contribution in [-0.2, 0) is 4.74 Å². The number of ether oxygens (including phenoxy) is 1. The second-order valence-corrected chi connectivity index (χ2v) is 3.74. The Bertz CT molecular complexity index is 122. The van der Waals surface area contributed by atoms with Gasteiger partial charge in [-0.1, -0.05) is 6.92 Å². The van der Waals surface area contributed by atoms with Crippen molar-refractivity contribution in [3.05, 3.63) is 0 Å². The van der Waals surface area contributed by atoms with Gasteiger partial charge in [-0.25, -0.2) is 0 Å². The van der Waals surface area contributed by atoms with Gasteiger partial charge in [-0.3, -0.25) is 5.32 Å². The summed E-state index contributed by atoms with van der Waals surface area (Å²) in [4.78, 5) is 0. The fraction of sp³-hybridized carbons (Fsp3) is 1.00. The monoisotopic (exact) mass is 143 g/mol. The van der Waals surface area contributed by atoms with Gasteiger partial charge >= 0.3 is 0 Å². The lowest BCUT2D eigenvalue weighted by Gasteiger charge is -2.40. The zero-order chi connectivity index (χ0) is 7.78. The van der Waals surface area contributed by atoms with Crippen molar-refractivity contribution in [2.45, 2.75) is 39.5 Å². The van der Waals surface area contributed by atoms with Crippen molar-refractivity contribution in [3.8, 4) is 0 Å². The van der Waals surface area contributed by atoms with Crippen LogP contribution in [0.25, 0.3) is 0 Å². The van der Waals surface area contributed by atoms with E-state index in [9.17, 15) is 0 Å². The lowest BCUT2D eigenvalue weighted by molar-refractivity contribution is -0.0610. The van der Waals surface area contributed by atoms with Crippen LogP contribution in [-0.4, -0.2) is 18.4 Å². The minimum atomic E-state index is 0.214. The van der Waals surface area contributed by atoms with Crippen LogP contribution in [0.4, 0.5) is 0 Å². The quantitative estimate of drug-likeness (QED) is 0.553. The predicted octanol–water partition coefficient (Wildman–Crippen LogP) is 1.37. The topological polar surface area (TPSA) is 21.3 Å². The molecular formula is C8H17NO. The first-order valence-electron chi connectivity index (χ1n) is 3.91. The first-order chi connectivity index (χ1) is 4.52. The summed E-state index contributed by atoms with van der Waals surface area (Å²) in [5.74, 6) is 0.601. The molecule has 1 aliphatic rings. The molecule has 1 saturated heterocycles. The molecule has 1 aliphatic heterocycles. The van der Waals surface area contributed by atoms with Crippen molar-refractivity contribution in [2.24, 2.45) is 5.92 Å². The smallest absolute Gasteiger partial charge is 0.105 e. The summed E-state index contributed by atoms with van der Waals surface area (Å²) in [7, 11) is 0. The molecule has 0 radical (unpaired) electrons. The van der Waals surface area contributed by atoms with E-state index in [1.54, 1.807) is 0 Å². The Morgan fingerprint density at radius 3 is 2.40 bits per heavy atom. The molecule has 1 heterocycles. The normalized spacial score (nSPS) is 39.6. The molecule has 1 fully saturated rings. The summed E-state index contributed by atoms with van der Waals surface area (Å²) in [6.45, 7) is 9.57. The molecule has 0 spiro atoms. The average Bonchev–Trinajstić information content (AvgIpc) is 1.78. The Hall–Kier alpha value is -0.0800. The van der Waals surface area contributed by atoms with Gasteiger partial charge in [-0.15, -0.1) is 0 Å². The van der Waals surface area contributed by atoms with Gasteiger partial charge in [0, 0.05) is 5.54 Å². The van der Waals surface area contributed by atoms with Crippen LogP contribution < -0.4 is 5.32 Å². The second-order valence-electron chi connectivity index (χ2n) is 3.74. The van der Waals surface area contributed by atoms with E-state index < -0.39 is 0 Å². The Kier molecular flexibility index (Phi) is 2.02. The number of rotatable bonds is 0. The van der Waals surface area contributed by atoms with E-state index in [0.29, 0.717) is 5.92 Å². The summed E-state index contributed by atoms with van der Waals surface area (Å²) < 4.78 is 5.41. The maximum absolute atomic E-state index is 5.41. The van der Waals surface area contributed by atoms with E-state index in [1.165, 1.54) is 0 Å². The lowest BCUT2D eigenvalue weighted by Crippen LogP contribution is -2.56. The van der Waals surface area contributed by atoms with Crippen LogP contribution in [0.15, 0.2) is 0 Å². The Morgan fingerprint density at radius 2 is 2.00 bits per heavy atom. The third-order valence-corrected chi connectivity index (χ3v) is 2.40. The second kappa shape index (κ2) is 2.51. The highest BCUT2D eigenvalue weighted by molar-refractivity contribution is 4.86. The van der Waals surface area contributed by atoms with E-state index in [1.807, 2.05) is 6.92 Å². The molecule has 1 N–H and O–H groups in total. The third kappa shape index (κ3) is 1.50. The number of hydrogen-bond acceptors (Lipinski definition) is 2. The van der Waals surface area contributed by atoms with Crippen LogP contribution in [0, 0.1) is 5.92 Å². The van der Waals surface area contributed by atoms with E-state index in [2.05, 4.69) is 26.1 Å². The molecule has 0 aliphatic carbocycles. The maximum Gasteiger partial charge on any atom is 0.105 e. The van der Waals surface area contributed by atoms with Crippen LogP contribution >= 0.6 is 0 Å². The zero-order valence-electron chi connectivity index (χ0n) is 7.27. The number of hydrogen-bond donors (Lipinski definition) is 1. The Balaban J connectivity index is 2.55. The van der Waals surface area contributed by atoms with Crippen LogP contribution in [0.1, 0.15) is 27.7 Å². The lowest BCUT2D eigenvalue weighted by atomic mass is 9.88. The van der Waals surface area contributed by atoms with Crippen molar-refractivity contribution in [1.29, 1.82) is 0 Å². The first-order valence-corrected chi connectivity index (χ1v) is 3.91. The molecule has 0 bridgehead atoms. The first kappa shape index (κ1) is 8.02. The highest BCUT2D eigenvalue weighted by Crippen LogP contribution is 2.21. The van der Waals surface area contributed by atoms with Crippen LogP contribution in [0.2, 0.25) is 0 Å². The average molecular weight is 143 g/mol. The largest absolute Gasteiger partial charge is 0.363 e. The molecule has 0 aromatic heterocycles. The van der Waals surface area contributed by atoms with Crippen molar-refractivity contribution >= 4 is 0 Å². The Morgan fingerprint density at radius 1 is 1.40 bits per heavy atom. The maximum atomic E-state index is 5.41. The van der Waals surface area contributed by atoms with E-state index in [4.69, 9.17) is 4.74 Å². The molecule has 0 saturated carbocycles. The van der Waals surface area contributed by atoms with E-state index in [0.717, 1.165) is 6.61 Å². The summed E-state index contributed by atoms with van der Waals surface area (Å²) in [6.07, 6.45) is 0.214. The summed E-state index contributed by atoms with van der Waals surface area (Å²) in [5, 5.41) is 3.38. The highest BCUT2D eigenvalue weighted by atomic mass is 16.5. The Labute approximate surface area is 63.0 Å². The standard InChI is InChI=1S/C8H17NO/c1-6-5-10-7(2)9-8(6,3)4/h6-7,9H,5H2,1-4H3/t6-,7+/m1/s1. The minimum Gasteiger partial charge on any atom is -0.363 e. The summed E-state index contributed by atoms with van der Waals surface area (Å²) in [5.41, 5.74) is 0.234. The van der Waals surface area contributed by atoms with Crippen LogP contribution in [0.3, 0.4) is 0 Å². The van der Waals surface area contributed by atoms with Gasteiger partial charge in [0.05, 0.1) is 6.61 Å². The van der Waals surface area contributed by atoms with E-state index in [-0.39, 0.29) is 11.8 Å². The third-order valence-electron chi connectivity index (χ3n) is 2.40. The molecule has 0 aromatic carbocycles. The summed E-state index contributed by atoms with van der Waals surface area (Å²) in [6, 6.07) is 0. The van der Waals surface area contributed by atoms with E-state index >= 15 is 0 Å². The predicted molar refractivity (Wildman–Crippen MR) is 41.8 cm³/mol. The van der Waals surface area contributed by atoms with Gasteiger partial charge in [-0.2, -0.15) is 0 Å². The zero-order valence-corrected chi connectivity index (χ0v) is 7.27. The summed E-state index contributed by atoms with van der Waals surface area (Å²) >= 11 is 0. The molecule has 2 nitrogen and oxygen atoms in total. The molecule has 10 heavy (non-hydrogen) atoms. The molecular weight excluding hydrogens is 126 g/mol. The molecule has 2 heteroatoms. The molecule has 0 amide bonds. The van der Waals surface area contributed by atoms with Crippen molar-refractivity contribution in [3.63, 3.8) is 0 Å². The van der Waals surface area contributed by atoms with Gasteiger partial charge in [-0.05, 0) is 26.7 Å². The molecule has 60 valence electrons. The molecule has 2 atom stereocenters. The van der Waals surface area contributed by atoms with Crippen molar-refractivity contribution in [2.75, 3.05) is 6.61 Å². The van der Waals surface area contributed by atoms with Gasteiger partial charge in [0.25, 0.3) is 0 Å². The van der Waals surface area contributed by atoms with Crippen LogP contribution in [0.5, 0.6) is 0 Å². The fourth-order valence-electron chi connectivity index (χ4n) is 1.20. The van der Waals surface area contributed by atoms with Crippen molar-refractivity contribution in [1.82, 2.24) is 5.32 Å². The van der Waals surface area contributed by atoms with Gasteiger partial charge in [0.2, 0.25) is 0 Å².